The Labute approximate surface area is 98.5 Å². The van der Waals surface area contributed by atoms with Crippen LogP contribution in [0.1, 0.15) is 18.5 Å². The van der Waals surface area contributed by atoms with Gasteiger partial charge in [0.1, 0.15) is 5.69 Å². The number of alkyl halides is 1. The number of aromatic nitrogens is 2. The number of rotatable bonds is 4. The molecule has 0 fully saturated rings. The minimum absolute atomic E-state index is 0.0896. The summed E-state index contributed by atoms with van der Waals surface area (Å²) < 4.78 is 0. The molecule has 1 N–H and O–H groups in total. The Kier molecular flexibility index (Phi) is 3.57. The third-order valence-electron chi connectivity index (χ3n) is 2.47. The van der Waals surface area contributed by atoms with Gasteiger partial charge in [0.2, 0.25) is 0 Å². The molecule has 1 aromatic heterocycles. The van der Waals surface area contributed by atoms with Crippen LogP contribution < -0.4 is 5.56 Å². The summed E-state index contributed by atoms with van der Waals surface area (Å²) in [4.78, 5) is 18.9. The molecular weight excluding hydrogens is 224 g/mol. The molecule has 0 aliphatic heterocycles. The zero-order chi connectivity index (χ0) is 11.4. The van der Waals surface area contributed by atoms with Gasteiger partial charge in [-0.3, -0.25) is 4.79 Å². The van der Waals surface area contributed by atoms with Gasteiger partial charge in [0.25, 0.3) is 5.56 Å². The van der Waals surface area contributed by atoms with Gasteiger partial charge in [-0.25, -0.2) is 4.98 Å². The third kappa shape index (κ3) is 2.42. The van der Waals surface area contributed by atoms with E-state index in [1.165, 1.54) is 0 Å². The number of nitrogens with one attached hydrogen (secondary N) is 1. The molecule has 2 rings (SSSR count). The van der Waals surface area contributed by atoms with E-state index >= 15 is 0 Å². The number of para-hydroxylation sites is 2. The van der Waals surface area contributed by atoms with Crippen molar-refractivity contribution >= 4 is 22.6 Å². The van der Waals surface area contributed by atoms with E-state index in [-0.39, 0.29) is 5.56 Å². The van der Waals surface area contributed by atoms with Crippen LogP contribution in [0.15, 0.2) is 29.1 Å². The highest BCUT2D eigenvalue weighted by Crippen LogP contribution is 2.07. The number of aromatic amines is 1. The molecule has 0 aliphatic carbocycles. The predicted molar refractivity (Wildman–Crippen MR) is 66.0 cm³/mol. The monoisotopic (exact) mass is 236 g/mol. The van der Waals surface area contributed by atoms with E-state index < -0.39 is 0 Å². The lowest BCUT2D eigenvalue weighted by molar-refractivity contribution is 0.773. The van der Waals surface area contributed by atoms with Crippen LogP contribution in [-0.2, 0) is 6.42 Å². The second-order valence-electron chi connectivity index (χ2n) is 3.68. The number of halogens is 1. The van der Waals surface area contributed by atoms with Gasteiger partial charge in [-0.15, -0.1) is 11.6 Å². The van der Waals surface area contributed by atoms with E-state index in [9.17, 15) is 4.79 Å². The molecule has 2 aromatic rings. The molecule has 0 unspecified atom stereocenters. The fraction of sp³-hybridized carbons (Fsp3) is 0.333. The summed E-state index contributed by atoms with van der Waals surface area (Å²) in [6.45, 7) is 0. The summed E-state index contributed by atoms with van der Waals surface area (Å²) in [6.07, 6.45) is 2.50. The lowest BCUT2D eigenvalue weighted by Gasteiger charge is -2.01. The van der Waals surface area contributed by atoms with Gasteiger partial charge in [-0.2, -0.15) is 0 Å². The maximum absolute atomic E-state index is 11.7. The van der Waals surface area contributed by atoms with Gasteiger partial charge < -0.3 is 4.98 Å². The second-order valence-corrected chi connectivity index (χ2v) is 4.05. The average molecular weight is 237 g/mol. The molecule has 1 heterocycles. The van der Waals surface area contributed by atoms with E-state index in [1.807, 2.05) is 24.3 Å². The Morgan fingerprint density at radius 3 is 2.88 bits per heavy atom. The largest absolute Gasteiger partial charge is 0.319 e. The Balaban J connectivity index is 2.31. The van der Waals surface area contributed by atoms with E-state index in [0.717, 1.165) is 23.9 Å². The highest BCUT2D eigenvalue weighted by molar-refractivity contribution is 6.17. The molecule has 4 heteroatoms. The van der Waals surface area contributed by atoms with Crippen molar-refractivity contribution in [3.63, 3.8) is 0 Å². The maximum Gasteiger partial charge on any atom is 0.270 e. The van der Waals surface area contributed by atoms with Gasteiger partial charge in [-0.05, 0) is 31.4 Å². The molecule has 0 atom stereocenters. The number of fused-ring (bicyclic) bond motifs is 1. The second kappa shape index (κ2) is 5.12. The van der Waals surface area contributed by atoms with Crippen LogP contribution in [0.2, 0.25) is 0 Å². The Morgan fingerprint density at radius 2 is 2.06 bits per heavy atom. The fourth-order valence-electron chi connectivity index (χ4n) is 1.62. The van der Waals surface area contributed by atoms with Crippen LogP contribution in [0.4, 0.5) is 0 Å². The normalized spacial score (nSPS) is 10.8. The number of benzene rings is 1. The van der Waals surface area contributed by atoms with Crippen LogP contribution in [0.25, 0.3) is 11.0 Å². The smallest absolute Gasteiger partial charge is 0.270 e. The number of aryl methyl sites for hydroxylation is 1. The topological polar surface area (TPSA) is 45.8 Å². The van der Waals surface area contributed by atoms with Gasteiger partial charge in [0, 0.05) is 5.88 Å². The average Bonchev–Trinajstić information content (AvgIpc) is 2.30. The van der Waals surface area contributed by atoms with E-state index in [2.05, 4.69) is 9.97 Å². The molecular formula is C12H13ClN2O. The van der Waals surface area contributed by atoms with E-state index in [4.69, 9.17) is 11.6 Å². The highest BCUT2D eigenvalue weighted by Gasteiger charge is 2.03. The summed E-state index contributed by atoms with van der Waals surface area (Å²) in [5.41, 5.74) is 2.13. The molecule has 0 radical (unpaired) electrons. The standard InChI is InChI=1S/C12H13ClN2O/c13-8-4-3-7-11-12(16)15-10-6-2-1-5-9(10)14-11/h1-2,5-6H,3-4,7-8H2,(H,15,16). The molecule has 84 valence electrons. The van der Waals surface area contributed by atoms with Crippen molar-refractivity contribution < 1.29 is 0 Å². The van der Waals surface area contributed by atoms with Crippen LogP contribution in [0.3, 0.4) is 0 Å². The number of unbranched alkanes of at least 4 members (excludes halogenated alkanes) is 1. The lowest BCUT2D eigenvalue weighted by Crippen LogP contribution is -2.15. The Morgan fingerprint density at radius 1 is 1.25 bits per heavy atom. The molecule has 16 heavy (non-hydrogen) atoms. The molecule has 0 spiro atoms. The minimum Gasteiger partial charge on any atom is -0.319 e. The first kappa shape index (κ1) is 11.1. The summed E-state index contributed by atoms with van der Waals surface area (Å²) in [6, 6.07) is 7.55. The lowest BCUT2D eigenvalue weighted by atomic mass is 10.2. The van der Waals surface area contributed by atoms with Crippen molar-refractivity contribution in [1.29, 1.82) is 0 Å². The van der Waals surface area contributed by atoms with Gasteiger partial charge in [0.05, 0.1) is 11.0 Å². The molecule has 3 nitrogen and oxygen atoms in total. The highest BCUT2D eigenvalue weighted by atomic mass is 35.5. The van der Waals surface area contributed by atoms with Crippen molar-refractivity contribution in [2.75, 3.05) is 5.88 Å². The first-order valence-corrected chi connectivity index (χ1v) is 5.88. The number of nitrogens with zero attached hydrogens (tertiary/aromatic N) is 1. The third-order valence-corrected chi connectivity index (χ3v) is 2.73. The molecule has 0 saturated heterocycles. The molecule has 0 aliphatic rings. The number of hydrogen-bond acceptors (Lipinski definition) is 2. The van der Waals surface area contributed by atoms with Crippen molar-refractivity contribution in [3.05, 3.63) is 40.3 Å². The predicted octanol–water partition coefficient (Wildman–Crippen LogP) is 2.48. The van der Waals surface area contributed by atoms with Gasteiger partial charge in [0.15, 0.2) is 0 Å². The molecule has 0 saturated carbocycles. The molecule has 1 aromatic carbocycles. The first-order valence-electron chi connectivity index (χ1n) is 5.35. The fourth-order valence-corrected chi connectivity index (χ4v) is 1.81. The van der Waals surface area contributed by atoms with Crippen molar-refractivity contribution in [3.8, 4) is 0 Å². The Bertz CT molecular complexity index is 536. The summed E-state index contributed by atoms with van der Waals surface area (Å²) >= 11 is 5.60. The van der Waals surface area contributed by atoms with Gasteiger partial charge in [-0.1, -0.05) is 12.1 Å². The first-order chi connectivity index (χ1) is 7.81. The van der Waals surface area contributed by atoms with Crippen LogP contribution in [-0.4, -0.2) is 15.8 Å². The quantitative estimate of drug-likeness (QED) is 0.655. The number of hydrogen-bond donors (Lipinski definition) is 1. The summed E-state index contributed by atoms with van der Waals surface area (Å²) in [7, 11) is 0. The van der Waals surface area contributed by atoms with Crippen LogP contribution >= 0.6 is 11.6 Å². The zero-order valence-corrected chi connectivity index (χ0v) is 9.63. The minimum atomic E-state index is -0.0896. The zero-order valence-electron chi connectivity index (χ0n) is 8.87. The molecule has 0 amide bonds. The van der Waals surface area contributed by atoms with E-state index in [0.29, 0.717) is 18.0 Å². The summed E-state index contributed by atoms with van der Waals surface area (Å²) in [5.74, 6) is 0.630. The van der Waals surface area contributed by atoms with Crippen molar-refractivity contribution in [2.24, 2.45) is 0 Å². The van der Waals surface area contributed by atoms with Crippen LogP contribution in [0.5, 0.6) is 0 Å². The SMILES string of the molecule is O=c1[nH]c2ccccc2nc1CCCCCl. The number of H-pyrrole nitrogens is 1. The van der Waals surface area contributed by atoms with Crippen molar-refractivity contribution in [2.45, 2.75) is 19.3 Å². The van der Waals surface area contributed by atoms with Crippen LogP contribution in [0, 0.1) is 0 Å². The summed E-state index contributed by atoms with van der Waals surface area (Å²) in [5, 5.41) is 0. The van der Waals surface area contributed by atoms with Crippen molar-refractivity contribution in [1.82, 2.24) is 9.97 Å². The van der Waals surface area contributed by atoms with E-state index in [1.54, 1.807) is 0 Å². The maximum atomic E-state index is 11.7. The Hall–Kier alpha value is -1.35. The van der Waals surface area contributed by atoms with Gasteiger partial charge >= 0.3 is 0 Å². The molecule has 0 bridgehead atoms.